The molecule has 2 N–H and O–H groups in total. The maximum atomic E-state index is 10.1. The molecule has 1 rings (SSSR count). The molecule has 3 heteroatoms. The Balaban J connectivity index is 2.47. The molecule has 0 heterocycles. The van der Waals surface area contributed by atoms with E-state index in [-0.39, 0.29) is 5.92 Å². The number of carbonyl (C=O) groups is 1. The molecule has 3 unspecified atom stereocenters. The minimum absolute atomic E-state index is 0.333. The van der Waals surface area contributed by atoms with Gasteiger partial charge in [0.25, 0.3) is 0 Å². The van der Waals surface area contributed by atoms with Crippen molar-refractivity contribution in [2.45, 2.75) is 25.0 Å². The molecule has 0 amide bonds. The maximum absolute atomic E-state index is 10.1. The van der Waals surface area contributed by atoms with Gasteiger partial charge in [0.2, 0.25) is 0 Å². The first-order valence-corrected chi connectivity index (χ1v) is 3.05. The molecule has 0 bridgehead atoms. The Labute approximate surface area is 53.3 Å². The fourth-order valence-electron chi connectivity index (χ4n) is 1.17. The van der Waals surface area contributed by atoms with Gasteiger partial charge in [-0.15, -0.1) is 0 Å². The summed E-state index contributed by atoms with van der Waals surface area (Å²) in [4.78, 5) is 10.1. The zero-order valence-corrected chi connectivity index (χ0v) is 5.03. The largest absolute Gasteiger partial charge is 0.393 e. The summed E-state index contributed by atoms with van der Waals surface area (Å²) < 4.78 is 0. The lowest BCUT2D eigenvalue weighted by Gasteiger charge is -2.02. The number of hydrogen-bond donors (Lipinski definition) is 2. The van der Waals surface area contributed by atoms with E-state index in [0.29, 0.717) is 19.1 Å². The highest BCUT2D eigenvalue weighted by Gasteiger charge is 2.30. The maximum Gasteiger partial charge on any atom is 0.125 e. The first-order chi connectivity index (χ1) is 4.24. The second-order valence-corrected chi connectivity index (χ2v) is 2.49. The molecular weight excluding hydrogens is 120 g/mol. The van der Waals surface area contributed by atoms with Gasteiger partial charge in [-0.2, -0.15) is 0 Å². The molecule has 0 spiro atoms. The van der Waals surface area contributed by atoms with E-state index >= 15 is 0 Å². The van der Waals surface area contributed by atoms with E-state index in [1.54, 1.807) is 0 Å². The summed E-state index contributed by atoms with van der Waals surface area (Å²) in [6, 6.07) is 0. The van der Waals surface area contributed by atoms with Gasteiger partial charge in [0.05, 0.1) is 12.2 Å². The lowest BCUT2D eigenvalue weighted by molar-refractivity contribution is -0.113. The zero-order chi connectivity index (χ0) is 6.85. The summed E-state index contributed by atoms with van der Waals surface area (Å²) in [6.45, 7) is 0. The number of hydrogen-bond acceptors (Lipinski definition) is 3. The third-order valence-electron chi connectivity index (χ3n) is 1.73. The summed E-state index contributed by atoms with van der Waals surface area (Å²) >= 11 is 0. The Kier molecular flexibility index (Phi) is 1.83. The summed E-state index contributed by atoms with van der Waals surface area (Å²) in [5.41, 5.74) is 0. The molecule has 3 atom stereocenters. The van der Waals surface area contributed by atoms with Crippen molar-refractivity contribution in [3.05, 3.63) is 0 Å². The first kappa shape index (κ1) is 6.71. The van der Waals surface area contributed by atoms with E-state index in [4.69, 9.17) is 10.2 Å². The van der Waals surface area contributed by atoms with Gasteiger partial charge >= 0.3 is 0 Å². The third kappa shape index (κ3) is 1.28. The predicted molar refractivity (Wildman–Crippen MR) is 30.8 cm³/mol. The van der Waals surface area contributed by atoms with Gasteiger partial charge in [0.1, 0.15) is 6.29 Å². The molecular formula is C6H10O3. The fourth-order valence-corrected chi connectivity index (χ4v) is 1.17. The average Bonchev–Trinajstić information content (AvgIpc) is 2.10. The van der Waals surface area contributed by atoms with Crippen molar-refractivity contribution in [1.29, 1.82) is 0 Å². The molecule has 1 saturated carbocycles. The Bertz CT molecular complexity index is 113. The van der Waals surface area contributed by atoms with Gasteiger partial charge in [0.15, 0.2) is 0 Å². The quantitative estimate of drug-likeness (QED) is 0.462. The van der Waals surface area contributed by atoms with Gasteiger partial charge < -0.3 is 15.0 Å². The first-order valence-electron chi connectivity index (χ1n) is 3.05. The van der Waals surface area contributed by atoms with Crippen LogP contribution in [-0.2, 0) is 4.79 Å². The van der Waals surface area contributed by atoms with Crippen LogP contribution in [0.15, 0.2) is 0 Å². The normalized spacial score (nSPS) is 43.1. The van der Waals surface area contributed by atoms with Gasteiger partial charge in [-0.25, -0.2) is 0 Å². The summed E-state index contributed by atoms with van der Waals surface area (Å²) in [6.07, 6.45) is 0.391. The molecule has 1 fully saturated rings. The van der Waals surface area contributed by atoms with E-state index < -0.39 is 12.2 Å². The molecule has 3 nitrogen and oxygen atoms in total. The third-order valence-corrected chi connectivity index (χ3v) is 1.73. The van der Waals surface area contributed by atoms with Crippen molar-refractivity contribution in [2.75, 3.05) is 0 Å². The smallest absolute Gasteiger partial charge is 0.125 e. The predicted octanol–water partition coefficient (Wildman–Crippen LogP) is -0.683. The van der Waals surface area contributed by atoms with Crippen molar-refractivity contribution < 1.29 is 15.0 Å². The molecule has 0 aliphatic heterocycles. The number of carbonyl (C=O) groups excluding carboxylic acids is 1. The SMILES string of the molecule is O=CC1CC(O)CC1O. The van der Waals surface area contributed by atoms with E-state index in [2.05, 4.69) is 0 Å². The van der Waals surface area contributed by atoms with Crippen LogP contribution in [0.4, 0.5) is 0 Å². The number of rotatable bonds is 1. The monoisotopic (exact) mass is 130 g/mol. The van der Waals surface area contributed by atoms with Crippen LogP contribution in [0.3, 0.4) is 0 Å². The van der Waals surface area contributed by atoms with Crippen LogP contribution in [0.1, 0.15) is 12.8 Å². The lowest BCUT2D eigenvalue weighted by Crippen LogP contribution is -2.13. The Morgan fingerprint density at radius 1 is 1.33 bits per heavy atom. The van der Waals surface area contributed by atoms with Crippen molar-refractivity contribution in [1.82, 2.24) is 0 Å². The molecule has 1 aliphatic carbocycles. The van der Waals surface area contributed by atoms with Crippen molar-refractivity contribution in [3.8, 4) is 0 Å². The standard InChI is InChI=1S/C6H10O3/c7-3-4-1-5(8)2-6(4)9/h3-6,8-9H,1-2H2. The van der Waals surface area contributed by atoms with Crippen LogP contribution < -0.4 is 0 Å². The average molecular weight is 130 g/mol. The molecule has 0 aromatic heterocycles. The topological polar surface area (TPSA) is 57.5 Å². The van der Waals surface area contributed by atoms with Gasteiger partial charge in [0, 0.05) is 5.92 Å². The highest BCUT2D eigenvalue weighted by molar-refractivity contribution is 5.55. The van der Waals surface area contributed by atoms with E-state index in [1.807, 2.05) is 0 Å². The van der Waals surface area contributed by atoms with Crippen LogP contribution in [-0.4, -0.2) is 28.7 Å². The van der Waals surface area contributed by atoms with E-state index in [0.717, 1.165) is 0 Å². The fraction of sp³-hybridized carbons (Fsp3) is 0.833. The minimum atomic E-state index is -0.613. The van der Waals surface area contributed by atoms with Crippen LogP contribution in [0.2, 0.25) is 0 Å². The van der Waals surface area contributed by atoms with Crippen molar-refractivity contribution in [3.63, 3.8) is 0 Å². The summed E-state index contributed by atoms with van der Waals surface area (Å²) in [5.74, 6) is -0.333. The number of aldehydes is 1. The van der Waals surface area contributed by atoms with Gasteiger partial charge in [-0.1, -0.05) is 0 Å². The molecule has 52 valence electrons. The number of aliphatic hydroxyl groups is 2. The molecule has 0 aromatic rings. The van der Waals surface area contributed by atoms with Crippen LogP contribution in [0.25, 0.3) is 0 Å². The Hall–Kier alpha value is -0.410. The second kappa shape index (κ2) is 2.45. The second-order valence-electron chi connectivity index (χ2n) is 2.49. The molecule has 0 radical (unpaired) electrons. The van der Waals surface area contributed by atoms with E-state index in [1.165, 1.54) is 0 Å². The highest BCUT2D eigenvalue weighted by atomic mass is 16.3. The van der Waals surface area contributed by atoms with Gasteiger partial charge in [-0.05, 0) is 12.8 Å². The zero-order valence-electron chi connectivity index (χ0n) is 5.03. The summed E-state index contributed by atoms with van der Waals surface area (Å²) in [7, 11) is 0. The van der Waals surface area contributed by atoms with Crippen LogP contribution >= 0.6 is 0 Å². The molecule has 9 heavy (non-hydrogen) atoms. The Morgan fingerprint density at radius 2 is 2.00 bits per heavy atom. The molecule has 0 saturated heterocycles. The Morgan fingerprint density at radius 3 is 2.22 bits per heavy atom. The van der Waals surface area contributed by atoms with Crippen molar-refractivity contribution >= 4 is 6.29 Å². The van der Waals surface area contributed by atoms with Crippen LogP contribution in [0, 0.1) is 5.92 Å². The summed E-state index contributed by atoms with van der Waals surface area (Å²) in [5, 5.41) is 17.9. The van der Waals surface area contributed by atoms with E-state index in [9.17, 15) is 4.79 Å². The van der Waals surface area contributed by atoms with Crippen LogP contribution in [0.5, 0.6) is 0 Å². The van der Waals surface area contributed by atoms with Gasteiger partial charge in [-0.3, -0.25) is 0 Å². The lowest BCUT2D eigenvalue weighted by atomic mass is 10.1. The number of aliphatic hydroxyl groups excluding tert-OH is 2. The van der Waals surface area contributed by atoms with Crippen molar-refractivity contribution in [2.24, 2.45) is 5.92 Å². The minimum Gasteiger partial charge on any atom is -0.393 e. The molecule has 0 aromatic carbocycles. The highest BCUT2D eigenvalue weighted by Crippen LogP contribution is 2.23. The molecule has 1 aliphatic rings.